The van der Waals surface area contributed by atoms with Crippen molar-refractivity contribution in [1.82, 2.24) is 4.98 Å². The van der Waals surface area contributed by atoms with Crippen molar-refractivity contribution in [3.63, 3.8) is 0 Å². The first-order chi connectivity index (χ1) is 13.2. The van der Waals surface area contributed by atoms with Crippen LogP contribution in [0, 0.1) is 0 Å². The second kappa shape index (κ2) is 8.29. The Morgan fingerprint density at radius 2 is 2.00 bits per heavy atom. The summed E-state index contributed by atoms with van der Waals surface area (Å²) in [6.45, 7) is 0. The number of nitrogens with zero attached hydrogens (tertiary/aromatic N) is 1. The van der Waals surface area contributed by atoms with Crippen LogP contribution in [0.4, 0.5) is 10.8 Å². The number of amides is 1. The van der Waals surface area contributed by atoms with E-state index in [4.69, 9.17) is 4.74 Å². The molecule has 0 aliphatic heterocycles. The van der Waals surface area contributed by atoms with Gasteiger partial charge in [-0.1, -0.05) is 6.07 Å². The number of anilines is 2. The fourth-order valence-corrected chi connectivity index (χ4v) is 4.21. The molecular formula is C18H16BrN3O4S2. The van der Waals surface area contributed by atoms with E-state index in [-0.39, 0.29) is 5.91 Å². The third-order valence-corrected chi connectivity index (χ3v) is 5.58. The number of hydrogen-bond acceptors (Lipinski definition) is 6. The molecule has 1 amide bonds. The number of hydrogen-bond donors (Lipinski definition) is 2. The first-order valence-electron chi connectivity index (χ1n) is 7.94. The van der Waals surface area contributed by atoms with Gasteiger partial charge in [0.1, 0.15) is 5.75 Å². The maximum Gasteiger partial charge on any atom is 0.257 e. The number of methoxy groups -OCH3 is 1. The highest BCUT2D eigenvalue weighted by molar-refractivity contribution is 9.10. The first-order valence-corrected chi connectivity index (χ1v) is 11.5. The van der Waals surface area contributed by atoms with Gasteiger partial charge in [0.2, 0.25) is 10.0 Å². The molecule has 2 aromatic carbocycles. The third kappa shape index (κ3) is 5.09. The van der Waals surface area contributed by atoms with E-state index < -0.39 is 10.0 Å². The predicted octanol–water partition coefficient (Wildman–Crippen LogP) is 4.21. The van der Waals surface area contributed by atoms with Gasteiger partial charge >= 0.3 is 0 Å². The van der Waals surface area contributed by atoms with Crippen molar-refractivity contribution in [2.75, 3.05) is 23.4 Å². The van der Waals surface area contributed by atoms with Crippen molar-refractivity contribution in [3.8, 4) is 17.0 Å². The zero-order valence-corrected chi connectivity index (χ0v) is 18.1. The molecule has 3 aromatic rings. The van der Waals surface area contributed by atoms with Crippen LogP contribution in [0.2, 0.25) is 0 Å². The lowest BCUT2D eigenvalue weighted by Crippen LogP contribution is -2.13. The second-order valence-electron chi connectivity index (χ2n) is 5.80. The average molecular weight is 482 g/mol. The van der Waals surface area contributed by atoms with Gasteiger partial charge in [-0.25, -0.2) is 13.4 Å². The topological polar surface area (TPSA) is 97.4 Å². The van der Waals surface area contributed by atoms with E-state index in [1.54, 1.807) is 25.3 Å². The zero-order chi connectivity index (χ0) is 20.3. The van der Waals surface area contributed by atoms with Crippen LogP contribution < -0.4 is 14.8 Å². The maximum absolute atomic E-state index is 12.5. The van der Waals surface area contributed by atoms with Gasteiger partial charge in [-0.15, -0.1) is 11.3 Å². The molecule has 0 spiro atoms. The van der Waals surface area contributed by atoms with Gasteiger partial charge in [-0.3, -0.25) is 14.8 Å². The summed E-state index contributed by atoms with van der Waals surface area (Å²) in [4.78, 5) is 16.9. The van der Waals surface area contributed by atoms with E-state index in [0.717, 1.165) is 27.7 Å². The summed E-state index contributed by atoms with van der Waals surface area (Å²) < 4.78 is 31.1. The summed E-state index contributed by atoms with van der Waals surface area (Å²) in [6, 6.07) is 11.8. The lowest BCUT2D eigenvalue weighted by molar-refractivity contribution is 0.102. The van der Waals surface area contributed by atoms with E-state index >= 15 is 0 Å². The smallest absolute Gasteiger partial charge is 0.257 e. The summed E-state index contributed by atoms with van der Waals surface area (Å²) in [5.74, 6) is 0.337. The fraction of sp³-hybridized carbons (Fsp3) is 0.111. The molecule has 0 aliphatic rings. The number of rotatable bonds is 6. The minimum Gasteiger partial charge on any atom is -0.496 e. The summed E-state index contributed by atoms with van der Waals surface area (Å²) in [5.41, 5.74) is 2.23. The molecule has 1 heterocycles. The molecule has 0 saturated heterocycles. The molecule has 28 heavy (non-hydrogen) atoms. The Hall–Kier alpha value is -2.43. The SMILES string of the molecule is COc1ccc(-c2csc(NC(=O)c3cccc(NS(C)(=O)=O)c3)n2)cc1Br. The number of thiazole rings is 1. The third-order valence-electron chi connectivity index (χ3n) is 3.60. The number of benzene rings is 2. The fourth-order valence-electron chi connectivity index (χ4n) is 2.40. The number of nitrogens with one attached hydrogen (secondary N) is 2. The molecule has 10 heteroatoms. The van der Waals surface area contributed by atoms with Gasteiger partial charge in [0, 0.05) is 22.2 Å². The number of aromatic nitrogens is 1. The standard InChI is InChI=1S/C18H16BrN3O4S2/c1-26-16-7-6-11(9-14(16)19)15-10-27-18(20-15)21-17(23)12-4-3-5-13(8-12)22-28(2,24)25/h3-10,22H,1-2H3,(H,20,21,23). The van der Waals surface area contributed by atoms with E-state index in [9.17, 15) is 13.2 Å². The molecule has 146 valence electrons. The molecule has 0 aliphatic carbocycles. The first kappa shape index (κ1) is 20.3. The summed E-state index contributed by atoms with van der Waals surface area (Å²) in [6.07, 6.45) is 1.05. The monoisotopic (exact) mass is 481 g/mol. The van der Waals surface area contributed by atoms with E-state index in [0.29, 0.717) is 16.4 Å². The van der Waals surface area contributed by atoms with Crippen molar-refractivity contribution < 1.29 is 17.9 Å². The largest absolute Gasteiger partial charge is 0.496 e. The average Bonchev–Trinajstić information content (AvgIpc) is 3.09. The van der Waals surface area contributed by atoms with Crippen LogP contribution in [0.15, 0.2) is 52.3 Å². The highest BCUT2D eigenvalue weighted by Gasteiger charge is 2.12. The molecule has 0 saturated carbocycles. The number of carbonyl (C=O) groups is 1. The Morgan fingerprint density at radius 3 is 2.68 bits per heavy atom. The normalized spacial score (nSPS) is 11.1. The molecule has 7 nitrogen and oxygen atoms in total. The van der Waals surface area contributed by atoms with E-state index in [2.05, 4.69) is 31.0 Å². The van der Waals surface area contributed by atoms with Crippen LogP contribution in [0.3, 0.4) is 0 Å². The molecule has 0 unspecified atom stereocenters. The van der Waals surface area contributed by atoms with E-state index in [1.807, 2.05) is 23.6 Å². The highest BCUT2D eigenvalue weighted by atomic mass is 79.9. The molecule has 0 atom stereocenters. The number of halogens is 1. The summed E-state index contributed by atoms with van der Waals surface area (Å²) in [7, 11) is -1.83. The van der Waals surface area contributed by atoms with Crippen LogP contribution in [0.25, 0.3) is 11.3 Å². The Balaban J connectivity index is 1.75. The van der Waals surface area contributed by atoms with Gasteiger partial charge < -0.3 is 4.74 Å². The molecule has 0 radical (unpaired) electrons. The number of carbonyl (C=O) groups excluding carboxylic acids is 1. The highest BCUT2D eigenvalue weighted by Crippen LogP contribution is 2.32. The zero-order valence-electron chi connectivity index (χ0n) is 14.9. The van der Waals surface area contributed by atoms with Gasteiger partial charge in [0.05, 0.1) is 23.5 Å². The summed E-state index contributed by atoms with van der Waals surface area (Å²) in [5, 5.41) is 5.01. The van der Waals surface area contributed by atoms with Gasteiger partial charge in [0.15, 0.2) is 5.13 Å². The second-order valence-corrected chi connectivity index (χ2v) is 9.26. The van der Waals surface area contributed by atoms with Crippen LogP contribution >= 0.6 is 27.3 Å². The Bertz CT molecular complexity index is 1130. The van der Waals surface area contributed by atoms with Crippen molar-refractivity contribution in [1.29, 1.82) is 0 Å². The quantitative estimate of drug-likeness (QED) is 0.549. The number of sulfonamides is 1. The van der Waals surface area contributed by atoms with Crippen LogP contribution in [-0.4, -0.2) is 32.7 Å². The van der Waals surface area contributed by atoms with Crippen molar-refractivity contribution in [3.05, 3.63) is 57.9 Å². The molecule has 2 N–H and O–H groups in total. The van der Waals surface area contributed by atoms with Crippen LogP contribution in [0.5, 0.6) is 5.75 Å². The minimum atomic E-state index is -3.42. The van der Waals surface area contributed by atoms with Crippen molar-refractivity contribution >= 4 is 54.0 Å². The molecular weight excluding hydrogens is 466 g/mol. The van der Waals surface area contributed by atoms with Crippen LogP contribution in [0.1, 0.15) is 10.4 Å². The minimum absolute atomic E-state index is 0.317. The van der Waals surface area contributed by atoms with Crippen molar-refractivity contribution in [2.45, 2.75) is 0 Å². The van der Waals surface area contributed by atoms with Gasteiger partial charge in [-0.2, -0.15) is 0 Å². The van der Waals surface area contributed by atoms with E-state index in [1.165, 1.54) is 17.4 Å². The van der Waals surface area contributed by atoms with Gasteiger partial charge in [-0.05, 0) is 52.3 Å². The molecule has 0 fully saturated rings. The molecule has 1 aromatic heterocycles. The Morgan fingerprint density at radius 1 is 1.21 bits per heavy atom. The summed E-state index contributed by atoms with van der Waals surface area (Å²) >= 11 is 4.74. The lowest BCUT2D eigenvalue weighted by atomic mass is 10.2. The maximum atomic E-state index is 12.5. The van der Waals surface area contributed by atoms with Crippen LogP contribution in [-0.2, 0) is 10.0 Å². The molecule has 0 bridgehead atoms. The lowest BCUT2D eigenvalue weighted by Gasteiger charge is -2.06. The Kier molecular flexibility index (Phi) is 6.01. The Labute approximate surface area is 175 Å². The van der Waals surface area contributed by atoms with Crippen molar-refractivity contribution in [2.24, 2.45) is 0 Å². The predicted molar refractivity (Wildman–Crippen MR) is 115 cm³/mol. The number of ether oxygens (including phenoxy) is 1. The van der Waals surface area contributed by atoms with Gasteiger partial charge in [0.25, 0.3) is 5.91 Å². The molecule has 3 rings (SSSR count).